The van der Waals surface area contributed by atoms with E-state index >= 15 is 0 Å². The molecule has 2 aliphatic rings. The lowest BCUT2D eigenvalue weighted by molar-refractivity contribution is -0.137. The number of ether oxygens (including phenoxy) is 1. The van der Waals surface area contributed by atoms with Crippen LogP contribution in [0.15, 0.2) is 42.5 Å². The molecule has 0 spiro atoms. The van der Waals surface area contributed by atoms with Gasteiger partial charge in [0.25, 0.3) is 0 Å². The Bertz CT molecular complexity index is 890. The first-order valence-electron chi connectivity index (χ1n) is 10.2. The van der Waals surface area contributed by atoms with E-state index in [1.807, 2.05) is 25.1 Å². The third-order valence-corrected chi connectivity index (χ3v) is 6.17. The van der Waals surface area contributed by atoms with E-state index in [-0.39, 0.29) is 6.10 Å². The number of piperidine rings is 1. The van der Waals surface area contributed by atoms with Gasteiger partial charge in [-0.1, -0.05) is 18.2 Å². The third kappa shape index (κ3) is 4.33. The molecule has 0 amide bonds. The summed E-state index contributed by atoms with van der Waals surface area (Å²) in [5.74, 6) is 0.873. The van der Waals surface area contributed by atoms with E-state index in [0.29, 0.717) is 38.0 Å². The molecule has 2 N–H and O–H groups in total. The van der Waals surface area contributed by atoms with Crippen molar-refractivity contribution < 1.29 is 28.1 Å². The Morgan fingerprint density at radius 3 is 2.43 bits per heavy atom. The van der Waals surface area contributed by atoms with Crippen LogP contribution in [0.5, 0.6) is 5.75 Å². The summed E-state index contributed by atoms with van der Waals surface area (Å²) >= 11 is 0. The topological polar surface area (TPSA) is 52.9 Å². The van der Waals surface area contributed by atoms with E-state index in [2.05, 4.69) is 4.90 Å². The molecule has 2 atom stereocenters. The molecule has 2 unspecified atom stereocenters. The van der Waals surface area contributed by atoms with Crippen LogP contribution in [0, 0.1) is 0 Å². The van der Waals surface area contributed by atoms with Crippen LogP contribution in [0.4, 0.5) is 13.2 Å². The van der Waals surface area contributed by atoms with Gasteiger partial charge in [-0.15, -0.1) is 0 Å². The lowest BCUT2D eigenvalue weighted by atomic mass is 9.84. The second-order valence-electron chi connectivity index (χ2n) is 8.42. The Morgan fingerprint density at radius 1 is 1.13 bits per heavy atom. The van der Waals surface area contributed by atoms with Gasteiger partial charge in [-0.25, -0.2) is 0 Å². The molecule has 0 aliphatic carbocycles. The van der Waals surface area contributed by atoms with E-state index in [1.165, 1.54) is 12.1 Å². The normalized spacial score (nSPS) is 22.4. The number of halogens is 3. The lowest BCUT2D eigenvalue weighted by Crippen LogP contribution is -2.44. The van der Waals surface area contributed by atoms with Crippen molar-refractivity contribution in [1.29, 1.82) is 0 Å². The van der Waals surface area contributed by atoms with E-state index in [9.17, 15) is 23.4 Å². The number of likely N-dealkylation sites (tertiary alicyclic amines) is 1. The van der Waals surface area contributed by atoms with Crippen LogP contribution in [0.25, 0.3) is 0 Å². The van der Waals surface area contributed by atoms with E-state index in [1.54, 1.807) is 0 Å². The van der Waals surface area contributed by atoms with E-state index in [4.69, 9.17) is 4.74 Å². The minimum Gasteiger partial charge on any atom is -0.490 e. The maximum absolute atomic E-state index is 12.8. The molecule has 1 fully saturated rings. The predicted molar refractivity (Wildman–Crippen MR) is 106 cm³/mol. The summed E-state index contributed by atoms with van der Waals surface area (Å²) < 4.78 is 44.0. The quantitative estimate of drug-likeness (QED) is 0.782. The van der Waals surface area contributed by atoms with Gasteiger partial charge in [-0.2, -0.15) is 13.2 Å². The standard InChI is InChI=1S/C23H26F3NO3/c1-15-12-17-13-16(2-7-21(17)30-15)20(28)14-27-10-8-22(29,9-11-27)18-3-5-19(6-4-18)23(24,25)26/h2-7,13,15,20,28-29H,8-12,14H2,1H3. The zero-order chi connectivity index (χ0) is 21.5. The van der Waals surface area contributed by atoms with Crippen LogP contribution in [0.2, 0.25) is 0 Å². The number of aliphatic hydroxyl groups is 2. The third-order valence-electron chi connectivity index (χ3n) is 6.17. The van der Waals surface area contributed by atoms with E-state index in [0.717, 1.165) is 35.4 Å². The van der Waals surface area contributed by atoms with Crippen molar-refractivity contribution in [3.8, 4) is 5.75 Å². The molecule has 0 bridgehead atoms. The van der Waals surface area contributed by atoms with Gasteiger partial charge < -0.3 is 19.8 Å². The molecule has 0 radical (unpaired) electrons. The number of β-amino-alcohol motifs (C(OH)–C–C–N with tert-alkyl or cyclic N) is 1. The maximum Gasteiger partial charge on any atom is 0.416 e. The van der Waals surface area contributed by atoms with Crippen molar-refractivity contribution >= 4 is 0 Å². The summed E-state index contributed by atoms with van der Waals surface area (Å²) in [5, 5.41) is 21.6. The molecule has 0 aromatic heterocycles. The molecule has 7 heteroatoms. The van der Waals surface area contributed by atoms with Gasteiger partial charge in [-0.3, -0.25) is 0 Å². The fraction of sp³-hybridized carbons (Fsp3) is 0.478. The Hall–Kier alpha value is -2.09. The average molecular weight is 421 g/mol. The molecular weight excluding hydrogens is 395 g/mol. The highest BCUT2D eigenvalue weighted by molar-refractivity contribution is 5.41. The molecule has 4 rings (SSSR count). The van der Waals surface area contributed by atoms with Gasteiger partial charge in [0.15, 0.2) is 0 Å². The van der Waals surface area contributed by atoms with Crippen molar-refractivity contribution in [3.05, 3.63) is 64.7 Å². The van der Waals surface area contributed by atoms with Gasteiger partial charge in [-0.05, 0) is 60.7 Å². The molecule has 0 saturated carbocycles. The van der Waals surface area contributed by atoms with Crippen molar-refractivity contribution in [3.63, 3.8) is 0 Å². The van der Waals surface area contributed by atoms with Gasteiger partial charge in [0.1, 0.15) is 11.9 Å². The molecule has 30 heavy (non-hydrogen) atoms. The van der Waals surface area contributed by atoms with Crippen molar-refractivity contribution in [2.24, 2.45) is 0 Å². The maximum atomic E-state index is 12.8. The smallest absolute Gasteiger partial charge is 0.416 e. The Balaban J connectivity index is 1.36. The van der Waals surface area contributed by atoms with E-state index < -0.39 is 23.4 Å². The summed E-state index contributed by atoms with van der Waals surface area (Å²) in [6.45, 7) is 3.57. The minimum absolute atomic E-state index is 0.150. The minimum atomic E-state index is -4.39. The number of benzene rings is 2. The molecule has 2 heterocycles. The van der Waals surface area contributed by atoms with Crippen LogP contribution in [-0.4, -0.2) is 40.9 Å². The van der Waals surface area contributed by atoms with Crippen LogP contribution < -0.4 is 4.74 Å². The zero-order valence-electron chi connectivity index (χ0n) is 16.8. The largest absolute Gasteiger partial charge is 0.490 e. The van der Waals surface area contributed by atoms with Gasteiger partial charge in [0, 0.05) is 26.1 Å². The molecule has 2 aromatic carbocycles. The molecule has 162 valence electrons. The number of alkyl halides is 3. The summed E-state index contributed by atoms with van der Waals surface area (Å²) in [6.07, 6.45) is -3.25. The van der Waals surface area contributed by atoms with Gasteiger partial charge in [0.2, 0.25) is 0 Å². The van der Waals surface area contributed by atoms with Gasteiger partial charge >= 0.3 is 6.18 Å². The second kappa shape index (κ2) is 7.87. The summed E-state index contributed by atoms with van der Waals surface area (Å²) in [7, 11) is 0. The summed E-state index contributed by atoms with van der Waals surface area (Å²) in [5.41, 5.74) is 0.587. The predicted octanol–water partition coefficient (Wildman–Crippen LogP) is 4.05. The van der Waals surface area contributed by atoms with Crippen molar-refractivity contribution in [1.82, 2.24) is 4.90 Å². The van der Waals surface area contributed by atoms with Crippen LogP contribution in [0.3, 0.4) is 0 Å². The first kappa shape index (κ1) is 21.2. The fourth-order valence-electron chi connectivity index (χ4n) is 4.36. The molecular formula is C23H26F3NO3. The van der Waals surface area contributed by atoms with Crippen LogP contribution >= 0.6 is 0 Å². The number of rotatable bonds is 4. The summed E-state index contributed by atoms with van der Waals surface area (Å²) in [4.78, 5) is 2.08. The fourth-order valence-corrected chi connectivity index (χ4v) is 4.36. The van der Waals surface area contributed by atoms with Gasteiger partial charge in [0.05, 0.1) is 17.3 Å². The molecule has 1 saturated heterocycles. The number of hydrogen-bond donors (Lipinski definition) is 2. The number of aliphatic hydroxyl groups excluding tert-OH is 1. The van der Waals surface area contributed by atoms with Crippen molar-refractivity contribution in [2.45, 2.75) is 50.2 Å². The zero-order valence-corrected chi connectivity index (χ0v) is 16.8. The average Bonchev–Trinajstić information content (AvgIpc) is 3.08. The summed E-state index contributed by atoms with van der Waals surface area (Å²) in [6, 6.07) is 10.5. The van der Waals surface area contributed by atoms with Crippen molar-refractivity contribution in [2.75, 3.05) is 19.6 Å². The second-order valence-corrected chi connectivity index (χ2v) is 8.42. The SMILES string of the molecule is CC1Cc2cc(C(O)CN3CCC(O)(c4ccc(C(F)(F)F)cc4)CC3)ccc2O1. The number of hydrogen-bond acceptors (Lipinski definition) is 4. The lowest BCUT2D eigenvalue weighted by Gasteiger charge is -2.39. The highest BCUT2D eigenvalue weighted by atomic mass is 19.4. The Kier molecular flexibility index (Phi) is 5.55. The number of nitrogens with zero attached hydrogens (tertiary/aromatic N) is 1. The molecule has 2 aliphatic heterocycles. The number of fused-ring (bicyclic) bond motifs is 1. The highest BCUT2D eigenvalue weighted by Crippen LogP contribution is 2.36. The molecule has 4 nitrogen and oxygen atoms in total. The first-order valence-corrected chi connectivity index (χ1v) is 10.2. The monoisotopic (exact) mass is 421 g/mol. The highest BCUT2D eigenvalue weighted by Gasteiger charge is 2.36. The Morgan fingerprint density at radius 2 is 1.80 bits per heavy atom. The first-order chi connectivity index (χ1) is 14.1. The van der Waals surface area contributed by atoms with Crippen LogP contribution in [0.1, 0.15) is 48.1 Å². The molecule has 2 aromatic rings. The van der Waals surface area contributed by atoms with Crippen LogP contribution in [-0.2, 0) is 18.2 Å². The Labute approximate surface area is 173 Å².